The van der Waals surface area contributed by atoms with Crippen LogP contribution >= 0.6 is 0 Å². The zero-order valence-electron chi connectivity index (χ0n) is 9.59. The first-order chi connectivity index (χ1) is 6.46. The van der Waals surface area contributed by atoms with E-state index in [0.717, 1.165) is 12.8 Å². The van der Waals surface area contributed by atoms with Gasteiger partial charge in [-0.05, 0) is 26.7 Å². The van der Waals surface area contributed by atoms with Gasteiger partial charge in [0.05, 0.1) is 12.1 Å². The van der Waals surface area contributed by atoms with Crippen LogP contribution < -0.4 is 11.2 Å². The molecule has 0 radical (unpaired) electrons. The molecule has 0 bridgehead atoms. The number of carbonyl (C=O) groups excluding carboxylic acids is 1. The topological polar surface area (TPSA) is 64.3 Å². The minimum Gasteiger partial charge on any atom is -0.349 e. The maximum absolute atomic E-state index is 11.7. The van der Waals surface area contributed by atoms with Gasteiger partial charge in [0.1, 0.15) is 0 Å². The molecule has 0 saturated heterocycles. The summed E-state index contributed by atoms with van der Waals surface area (Å²) in [5.41, 5.74) is -0.394. The second kappa shape index (κ2) is 5.98. The fraction of sp³-hybridized carbons (Fsp3) is 0.900. The molecule has 4 heteroatoms. The highest BCUT2D eigenvalue weighted by Gasteiger charge is 2.23. The summed E-state index contributed by atoms with van der Waals surface area (Å²) < 4.78 is 0. The third-order valence-corrected chi connectivity index (χ3v) is 2.26. The number of nitrogens with two attached hydrogens (primary N) is 1. The molecule has 0 spiro atoms. The maximum Gasteiger partial charge on any atom is 0.223 e. The van der Waals surface area contributed by atoms with Crippen molar-refractivity contribution in [2.24, 2.45) is 11.8 Å². The summed E-state index contributed by atoms with van der Waals surface area (Å²) in [5, 5.41) is 2.92. The molecule has 84 valence electrons. The molecule has 4 nitrogen and oxygen atoms in total. The van der Waals surface area contributed by atoms with Crippen molar-refractivity contribution in [2.75, 3.05) is 6.61 Å². The Bertz CT molecular complexity index is 177. The largest absolute Gasteiger partial charge is 0.349 e. The van der Waals surface area contributed by atoms with E-state index in [1.54, 1.807) is 0 Å². The predicted octanol–water partition coefficient (Wildman–Crippen LogP) is 1.21. The normalized spacial score (nSPS) is 11.9. The Morgan fingerprint density at radius 3 is 2.29 bits per heavy atom. The summed E-state index contributed by atoms with van der Waals surface area (Å²) in [6, 6.07) is 0. The molecule has 0 saturated carbocycles. The van der Waals surface area contributed by atoms with E-state index in [0.29, 0.717) is 6.61 Å². The van der Waals surface area contributed by atoms with Crippen LogP contribution in [0.1, 0.15) is 40.5 Å². The Morgan fingerprint density at radius 1 is 1.43 bits per heavy atom. The van der Waals surface area contributed by atoms with Crippen molar-refractivity contribution >= 4 is 5.91 Å². The zero-order chi connectivity index (χ0) is 11.2. The van der Waals surface area contributed by atoms with Crippen LogP contribution in [0.2, 0.25) is 0 Å². The van der Waals surface area contributed by atoms with Crippen molar-refractivity contribution in [3.63, 3.8) is 0 Å². The Kier molecular flexibility index (Phi) is 5.72. The number of carbonyl (C=O) groups is 1. The first-order valence-corrected chi connectivity index (χ1v) is 5.10. The van der Waals surface area contributed by atoms with E-state index >= 15 is 0 Å². The molecule has 0 aliphatic heterocycles. The summed E-state index contributed by atoms with van der Waals surface area (Å²) in [6.07, 6.45) is 1.73. The molecule has 0 aliphatic rings. The van der Waals surface area contributed by atoms with Crippen molar-refractivity contribution in [3.8, 4) is 0 Å². The monoisotopic (exact) mass is 202 g/mol. The van der Waals surface area contributed by atoms with Gasteiger partial charge in [-0.25, -0.2) is 5.90 Å². The lowest BCUT2D eigenvalue weighted by Crippen LogP contribution is -2.49. The van der Waals surface area contributed by atoms with Crippen LogP contribution in [0, 0.1) is 5.92 Å². The van der Waals surface area contributed by atoms with Gasteiger partial charge < -0.3 is 10.2 Å². The molecule has 0 fully saturated rings. The number of hydrogen-bond donors (Lipinski definition) is 2. The fourth-order valence-corrected chi connectivity index (χ4v) is 1.34. The lowest BCUT2D eigenvalue weighted by atomic mass is 9.99. The molecule has 0 atom stereocenters. The smallest absolute Gasteiger partial charge is 0.223 e. The molecular formula is C10H22N2O2. The van der Waals surface area contributed by atoms with Gasteiger partial charge in [0.2, 0.25) is 5.91 Å². The minimum atomic E-state index is -0.394. The molecule has 0 aromatic rings. The molecule has 3 N–H and O–H groups in total. The first-order valence-electron chi connectivity index (χ1n) is 5.10. The van der Waals surface area contributed by atoms with E-state index in [1.165, 1.54) is 0 Å². The summed E-state index contributed by atoms with van der Waals surface area (Å²) in [4.78, 5) is 16.2. The highest BCUT2D eigenvalue weighted by atomic mass is 16.6. The van der Waals surface area contributed by atoms with Crippen LogP contribution in [0.15, 0.2) is 0 Å². The predicted molar refractivity (Wildman–Crippen MR) is 56.4 cm³/mol. The van der Waals surface area contributed by atoms with Crippen LogP contribution in [-0.2, 0) is 9.63 Å². The average Bonchev–Trinajstić information content (AvgIpc) is 2.04. The van der Waals surface area contributed by atoms with E-state index < -0.39 is 5.54 Å². The number of hydrogen-bond acceptors (Lipinski definition) is 3. The molecule has 0 aromatic carbocycles. The number of amides is 1. The van der Waals surface area contributed by atoms with Gasteiger partial charge in [-0.15, -0.1) is 0 Å². The SMILES string of the molecule is CCC(CC)C(=O)NC(C)(C)CON. The second-order valence-electron chi connectivity index (χ2n) is 4.20. The quantitative estimate of drug-likeness (QED) is 0.636. The fourth-order valence-electron chi connectivity index (χ4n) is 1.34. The van der Waals surface area contributed by atoms with E-state index in [4.69, 9.17) is 5.90 Å². The Hall–Kier alpha value is -0.610. The zero-order valence-corrected chi connectivity index (χ0v) is 9.59. The van der Waals surface area contributed by atoms with Crippen molar-refractivity contribution in [2.45, 2.75) is 46.1 Å². The highest BCUT2D eigenvalue weighted by Crippen LogP contribution is 2.10. The summed E-state index contributed by atoms with van der Waals surface area (Å²) in [6.45, 7) is 8.12. The van der Waals surface area contributed by atoms with Gasteiger partial charge in [-0.3, -0.25) is 4.79 Å². The first kappa shape index (κ1) is 13.4. The van der Waals surface area contributed by atoms with Crippen LogP contribution in [0.4, 0.5) is 0 Å². The molecule has 0 aromatic heterocycles. The minimum absolute atomic E-state index is 0.0806. The Labute approximate surface area is 86.1 Å². The molecule has 0 unspecified atom stereocenters. The van der Waals surface area contributed by atoms with Crippen LogP contribution in [-0.4, -0.2) is 18.1 Å². The summed E-state index contributed by atoms with van der Waals surface area (Å²) in [5.74, 6) is 5.15. The van der Waals surface area contributed by atoms with E-state index in [-0.39, 0.29) is 11.8 Å². The maximum atomic E-state index is 11.7. The number of nitrogens with one attached hydrogen (secondary N) is 1. The van der Waals surface area contributed by atoms with Gasteiger partial charge >= 0.3 is 0 Å². The van der Waals surface area contributed by atoms with Gasteiger partial charge in [0.15, 0.2) is 0 Å². The summed E-state index contributed by atoms with van der Waals surface area (Å²) >= 11 is 0. The molecular weight excluding hydrogens is 180 g/mol. The van der Waals surface area contributed by atoms with Crippen molar-refractivity contribution in [3.05, 3.63) is 0 Å². The van der Waals surface area contributed by atoms with E-state index in [1.807, 2.05) is 27.7 Å². The molecule has 14 heavy (non-hydrogen) atoms. The van der Waals surface area contributed by atoms with Crippen molar-refractivity contribution in [1.82, 2.24) is 5.32 Å². The number of rotatable bonds is 6. The molecule has 0 rings (SSSR count). The average molecular weight is 202 g/mol. The van der Waals surface area contributed by atoms with Gasteiger partial charge in [0.25, 0.3) is 0 Å². The van der Waals surface area contributed by atoms with E-state index in [2.05, 4.69) is 10.2 Å². The van der Waals surface area contributed by atoms with Gasteiger partial charge in [-0.1, -0.05) is 13.8 Å². The van der Waals surface area contributed by atoms with Crippen LogP contribution in [0.3, 0.4) is 0 Å². The molecule has 1 amide bonds. The van der Waals surface area contributed by atoms with Crippen LogP contribution in [0.5, 0.6) is 0 Å². The van der Waals surface area contributed by atoms with E-state index in [9.17, 15) is 4.79 Å². The standard InChI is InChI=1S/C10H22N2O2/c1-5-8(6-2)9(13)12-10(3,4)7-14-11/h8H,5-7,11H2,1-4H3,(H,12,13). The second-order valence-corrected chi connectivity index (χ2v) is 4.20. The third-order valence-electron chi connectivity index (χ3n) is 2.26. The van der Waals surface area contributed by atoms with Crippen molar-refractivity contribution < 1.29 is 9.63 Å². The van der Waals surface area contributed by atoms with Gasteiger partial charge in [0, 0.05) is 5.92 Å². The van der Waals surface area contributed by atoms with Crippen molar-refractivity contribution in [1.29, 1.82) is 0 Å². The molecule has 0 heterocycles. The Balaban J connectivity index is 4.15. The third kappa shape index (κ3) is 4.58. The summed E-state index contributed by atoms with van der Waals surface area (Å²) in [7, 11) is 0. The highest BCUT2D eigenvalue weighted by molar-refractivity contribution is 5.79. The Morgan fingerprint density at radius 2 is 1.93 bits per heavy atom. The van der Waals surface area contributed by atoms with Crippen LogP contribution in [0.25, 0.3) is 0 Å². The van der Waals surface area contributed by atoms with Gasteiger partial charge in [-0.2, -0.15) is 0 Å². The lowest BCUT2D eigenvalue weighted by molar-refractivity contribution is -0.127. The lowest BCUT2D eigenvalue weighted by Gasteiger charge is -2.27. The molecule has 0 aliphatic carbocycles.